The quantitative estimate of drug-likeness (QED) is 0.0431. The van der Waals surface area contributed by atoms with Gasteiger partial charge in [-0.25, -0.2) is 0 Å². The highest BCUT2D eigenvalue weighted by atomic mass is 32.2. The second-order valence-electron chi connectivity index (χ2n) is 18.0. The largest absolute Gasteiger partial charge is 0.462 e. The van der Waals surface area contributed by atoms with Crippen LogP contribution in [0.25, 0.3) is 0 Å². The van der Waals surface area contributed by atoms with Crippen LogP contribution in [0.1, 0.15) is 156 Å². The number of aliphatic hydroxyl groups is 1. The Labute approximate surface area is 334 Å². The van der Waals surface area contributed by atoms with E-state index < -0.39 is 15.9 Å². The van der Waals surface area contributed by atoms with Gasteiger partial charge in [-0.3, -0.25) is 14.1 Å². The maximum absolute atomic E-state index is 12.9. The summed E-state index contributed by atoms with van der Waals surface area (Å²) in [5, 5.41) is 14.6. The molecular formula is C46H75NO7S. The summed E-state index contributed by atoms with van der Waals surface area (Å²) in [6.45, 7) is 9.06. The highest BCUT2D eigenvalue weighted by Gasteiger charge is 2.63. The zero-order chi connectivity index (χ0) is 39.9. The summed E-state index contributed by atoms with van der Waals surface area (Å²) < 4.78 is 37.0. The summed E-state index contributed by atoms with van der Waals surface area (Å²) in [7, 11) is -4.10. The summed E-state index contributed by atoms with van der Waals surface area (Å²) >= 11 is 0. The molecule has 4 aliphatic rings. The molecule has 0 bridgehead atoms. The Morgan fingerprint density at radius 1 is 0.836 bits per heavy atom. The molecule has 10 atom stereocenters. The molecule has 4 saturated carbocycles. The monoisotopic (exact) mass is 786 g/mol. The average Bonchev–Trinajstić information content (AvgIpc) is 3.50. The van der Waals surface area contributed by atoms with Crippen molar-refractivity contribution in [1.29, 1.82) is 0 Å². The van der Waals surface area contributed by atoms with Crippen molar-refractivity contribution in [2.45, 2.75) is 168 Å². The van der Waals surface area contributed by atoms with Crippen LogP contribution in [-0.4, -0.2) is 54.5 Å². The topological polar surface area (TPSA) is 130 Å². The fourth-order valence-corrected chi connectivity index (χ4v) is 11.8. The first-order chi connectivity index (χ1) is 26.3. The van der Waals surface area contributed by atoms with Crippen LogP contribution in [0.15, 0.2) is 48.6 Å². The van der Waals surface area contributed by atoms with Crippen molar-refractivity contribution in [3.8, 4) is 0 Å². The van der Waals surface area contributed by atoms with Gasteiger partial charge in [-0.05, 0) is 149 Å². The van der Waals surface area contributed by atoms with Gasteiger partial charge in [-0.1, -0.05) is 89.1 Å². The molecule has 4 fully saturated rings. The Kier molecular flexibility index (Phi) is 18.2. The minimum Gasteiger partial charge on any atom is -0.462 e. The van der Waals surface area contributed by atoms with Crippen molar-refractivity contribution in [1.82, 2.24) is 5.32 Å². The Morgan fingerprint density at radius 3 is 2.20 bits per heavy atom. The number of carbonyl (C=O) groups excluding carboxylic acids is 2. The van der Waals surface area contributed by atoms with Crippen molar-refractivity contribution < 1.29 is 32.4 Å². The molecular weight excluding hydrogens is 711 g/mol. The highest BCUT2D eigenvalue weighted by Crippen LogP contribution is 2.68. The summed E-state index contributed by atoms with van der Waals surface area (Å²) in [6, 6.07) is 0. The predicted molar refractivity (Wildman–Crippen MR) is 223 cm³/mol. The van der Waals surface area contributed by atoms with E-state index in [1.54, 1.807) is 0 Å². The lowest BCUT2D eigenvalue weighted by molar-refractivity contribution is -0.181. The smallest absolute Gasteiger partial charge is 0.306 e. The minimum atomic E-state index is -4.10. The molecule has 0 aliphatic heterocycles. The lowest BCUT2D eigenvalue weighted by Gasteiger charge is -2.62. The van der Waals surface area contributed by atoms with Gasteiger partial charge >= 0.3 is 5.97 Å². The first-order valence-corrected chi connectivity index (χ1v) is 23.6. The predicted octanol–water partition coefficient (Wildman–Crippen LogP) is 10.1. The highest BCUT2D eigenvalue weighted by molar-refractivity contribution is 7.85. The fourth-order valence-electron chi connectivity index (χ4n) is 11.4. The van der Waals surface area contributed by atoms with E-state index in [2.05, 4.69) is 81.6 Å². The lowest BCUT2D eigenvalue weighted by atomic mass is 9.43. The van der Waals surface area contributed by atoms with Crippen molar-refractivity contribution in [2.24, 2.45) is 46.3 Å². The number of amides is 1. The third-order valence-corrected chi connectivity index (χ3v) is 15.2. The van der Waals surface area contributed by atoms with Gasteiger partial charge in [0.2, 0.25) is 5.91 Å². The van der Waals surface area contributed by atoms with Crippen LogP contribution in [0.2, 0.25) is 0 Å². The summed E-state index contributed by atoms with van der Waals surface area (Å²) in [4.78, 5) is 25.3. The summed E-state index contributed by atoms with van der Waals surface area (Å²) in [5.41, 5.74) is -0.0129. The fraction of sp³-hybridized carbons (Fsp3) is 0.783. The zero-order valence-corrected chi connectivity index (χ0v) is 35.5. The van der Waals surface area contributed by atoms with Gasteiger partial charge in [0.05, 0.1) is 11.9 Å². The van der Waals surface area contributed by atoms with E-state index in [1.165, 1.54) is 6.42 Å². The molecule has 0 spiro atoms. The van der Waals surface area contributed by atoms with Crippen molar-refractivity contribution in [3.63, 3.8) is 0 Å². The number of unbranched alkanes of at least 4 members (excludes halogenated alkanes) is 4. The normalized spacial score (nSPS) is 32.9. The first-order valence-electron chi connectivity index (χ1n) is 22.0. The zero-order valence-electron chi connectivity index (χ0n) is 34.6. The van der Waals surface area contributed by atoms with Gasteiger partial charge in [0, 0.05) is 19.4 Å². The molecule has 9 heteroatoms. The molecule has 0 aromatic rings. The van der Waals surface area contributed by atoms with Gasteiger partial charge in [0.1, 0.15) is 6.10 Å². The number of hydrogen-bond donors (Lipinski definition) is 3. The van der Waals surface area contributed by atoms with Crippen molar-refractivity contribution in [3.05, 3.63) is 48.6 Å². The van der Waals surface area contributed by atoms with E-state index >= 15 is 0 Å². The Balaban J connectivity index is 1.13. The molecule has 3 N–H and O–H groups in total. The second kappa shape index (κ2) is 22.1. The van der Waals surface area contributed by atoms with E-state index in [9.17, 15) is 23.1 Å². The SMILES string of the molecule is CC/C=C\C/C=C\C/C=C\C/C=C\CCCCCCC(=O)OC1CCC2(C)C(CCC3C2CC(O)C2(C)C(C(C)CCC(=O)NCCS(=O)(=O)O)CCC32)C1. The van der Waals surface area contributed by atoms with Crippen LogP contribution in [0.3, 0.4) is 0 Å². The van der Waals surface area contributed by atoms with Crippen LogP contribution < -0.4 is 5.32 Å². The molecule has 0 aromatic heterocycles. The summed E-state index contributed by atoms with van der Waals surface area (Å²) in [5.74, 6) is 1.96. The number of esters is 1. The van der Waals surface area contributed by atoms with E-state index in [-0.39, 0.29) is 47.4 Å². The second-order valence-corrected chi connectivity index (χ2v) is 19.5. The van der Waals surface area contributed by atoms with E-state index in [0.29, 0.717) is 48.9 Å². The molecule has 0 saturated heterocycles. The number of allylic oxidation sites excluding steroid dienone is 8. The van der Waals surface area contributed by atoms with Crippen LogP contribution in [0.4, 0.5) is 0 Å². The molecule has 312 valence electrons. The molecule has 55 heavy (non-hydrogen) atoms. The minimum absolute atomic E-state index is 0.0148. The number of rotatable bonds is 22. The van der Waals surface area contributed by atoms with Crippen LogP contribution in [0.5, 0.6) is 0 Å². The Morgan fingerprint density at radius 2 is 1.51 bits per heavy atom. The van der Waals surface area contributed by atoms with Gasteiger partial charge < -0.3 is 15.2 Å². The number of carbonyl (C=O) groups is 2. The van der Waals surface area contributed by atoms with Crippen LogP contribution in [0, 0.1) is 46.3 Å². The molecule has 0 aromatic carbocycles. The number of hydrogen-bond acceptors (Lipinski definition) is 6. The number of ether oxygens (including phenoxy) is 1. The van der Waals surface area contributed by atoms with E-state index in [1.807, 2.05) is 0 Å². The van der Waals surface area contributed by atoms with Crippen LogP contribution >= 0.6 is 0 Å². The number of aliphatic hydroxyl groups excluding tert-OH is 1. The summed E-state index contributed by atoms with van der Waals surface area (Å²) in [6.07, 6.45) is 36.7. The van der Waals surface area contributed by atoms with Crippen molar-refractivity contribution in [2.75, 3.05) is 12.3 Å². The average molecular weight is 786 g/mol. The lowest BCUT2D eigenvalue weighted by Crippen LogP contribution is -2.59. The van der Waals surface area contributed by atoms with E-state index in [4.69, 9.17) is 9.29 Å². The van der Waals surface area contributed by atoms with Gasteiger partial charge in [-0.15, -0.1) is 0 Å². The van der Waals surface area contributed by atoms with Gasteiger partial charge in [-0.2, -0.15) is 8.42 Å². The molecule has 10 unspecified atom stereocenters. The molecule has 8 nitrogen and oxygen atoms in total. The third-order valence-electron chi connectivity index (χ3n) is 14.5. The molecule has 0 heterocycles. The van der Waals surface area contributed by atoms with Crippen LogP contribution in [-0.2, 0) is 24.4 Å². The van der Waals surface area contributed by atoms with E-state index in [0.717, 1.165) is 103 Å². The first kappa shape index (κ1) is 45.5. The maximum Gasteiger partial charge on any atom is 0.306 e. The van der Waals surface area contributed by atoms with Gasteiger partial charge in [0.15, 0.2) is 0 Å². The molecule has 4 rings (SSSR count). The molecule has 1 amide bonds. The molecule has 4 aliphatic carbocycles. The number of fused-ring (bicyclic) bond motifs is 5. The van der Waals surface area contributed by atoms with Crippen molar-refractivity contribution >= 4 is 22.0 Å². The number of nitrogens with one attached hydrogen (secondary N) is 1. The maximum atomic E-state index is 12.9. The van der Waals surface area contributed by atoms with Gasteiger partial charge in [0.25, 0.3) is 10.1 Å². The Hall–Kier alpha value is -2.23. The standard InChI is InChI=1S/C46H75NO7S/c1-5-6-7-8-9-10-11-12-13-14-15-16-17-18-19-20-21-22-44(50)54-37-29-30-45(3)36(33-37)24-25-38-40-27-26-39(46(40,4)42(48)34-41(38)45)35(2)23-28-43(49)47-31-32-55(51,52)53/h6-7,9-10,12-13,15-16,35-42,48H,5,8,11,14,17-34H2,1-4H3,(H,47,49)(H,51,52,53)/b7-6-,10-9-,13-12-,16-15-. The Bertz CT molecular complexity index is 1440. The molecule has 0 radical (unpaired) electrons. The third kappa shape index (κ3) is 13.1.